The van der Waals surface area contributed by atoms with E-state index in [-0.39, 0.29) is 12.1 Å². The van der Waals surface area contributed by atoms with Gasteiger partial charge in [0, 0.05) is 49.1 Å². The van der Waals surface area contributed by atoms with Crippen LogP contribution in [-0.4, -0.2) is 51.6 Å². The largest absolute Gasteiger partial charge is 0.457 e. The maximum absolute atomic E-state index is 12.5. The molecule has 1 atom stereocenters. The molecule has 0 aliphatic carbocycles. The summed E-state index contributed by atoms with van der Waals surface area (Å²) < 4.78 is 7.73. The molecule has 0 saturated carbocycles. The first-order valence-electron chi connectivity index (χ1n) is 11.9. The SMILES string of the molecule is O=C(Nc1ccc(Oc2ccccc2)cc1)Nc1ccc2cn(CCCN3CCC(O)C3)nc2c1. The minimum absolute atomic E-state index is 0.182. The molecule has 4 aromatic rings. The minimum Gasteiger partial charge on any atom is -0.457 e. The molecule has 1 fully saturated rings. The van der Waals surface area contributed by atoms with E-state index in [4.69, 9.17) is 4.74 Å². The highest BCUT2D eigenvalue weighted by Gasteiger charge is 2.19. The topological polar surface area (TPSA) is 91.7 Å². The van der Waals surface area contributed by atoms with E-state index in [1.807, 2.05) is 71.5 Å². The highest BCUT2D eigenvalue weighted by molar-refractivity contribution is 6.00. The molecule has 1 saturated heterocycles. The molecule has 0 radical (unpaired) electrons. The van der Waals surface area contributed by atoms with Crippen molar-refractivity contribution in [2.45, 2.75) is 25.5 Å². The molecular weight excluding hydrogens is 442 g/mol. The Morgan fingerprint density at radius 2 is 1.71 bits per heavy atom. The zero-order chi connectivity index (χ0) is 24.0. The summed E-state index contributed by atoms with van der Waals surface area (Å²) in [5.41, 5.74) is 2.18. The summed E-state index contributed by atoms with van der Waals surface area (Å²) >= 11 is 0. The lowest BCUT2D eigenvalue weighted by Crippen LogP contribution is -2.24. The number of likely N-dealkylation sites (tertiary alicyclic amines) is 1. The quantitative estimate of drug-likeness (QED) is 0.339. The first-order chi connectivity index (χ1) is 17.1. The third-order valence-corrected chi connectivity index (χ3v) is 6.01. The summed E-state index contributed by atoms with van der Waals surface area (Å²) in [5.74, 6) is 1.46. The van der Waals surface area contributed by atoms with E-state index < -0.39 is 0 Å². The fraction of sp³-hybridized carbons (Fsp3) is 0.259. The maximum atomic E-state index is 12.5. The van der Waals surface area contributed by atoms with Gasteiger partial charge in [-0.05, 0) is 67.4 Å². The van der Waals surface area contributed by atoms with Gasteiger partial charge in [0.25, 0.3) is 0 Å². The van der Waals surface area contributed by atoms with Crippen molar-refractivity contribution in [3.63, 3.8) is 0 Å². The Kier molecular flexibility index (Phi) is 6.92. The van der Waals surface area contributed by atoms with Gasteiger partial charge in [-0.1, -0.05) is 18.2 Å². The fourth-order valence-corrected chi connectivity index (χ4v) is 4.26. The Morgan fingerprint density at radius 1 is 0.971 bits per heavy atom. The van der Waals surface area contributed by atoms with Gasteiger partial charge in [0.05, 0.1) is 11.6 Å². The van der Waals surface area contributed by atoms with E-state index in [0.29, 0.717) is 17.1 Å². The number of carbonyl (C=O) groups is 1. The molecule has 5 rings (SSSR count). The molecule has 8 nitrogen and oxygen atoms in total. The van der Waals surface area contributed by atoms with Crippen LogP contribution in [-0.2, 0) is 6.54 Å². The first-order valence-corrected chi connectivity index (χ1v) is 11.9. The molecule has 1 unspecified atom stereocenters. The lowest BCUT2D eigenvalue weighted by atomic mass is 10.2. The lowest BCUT2D eigenvalue weighted by Gasteiger charge is -2.14. The van der Waals surface area contributed by atoms with Gasteiger partial charge in [0.1, 0.15) is 11.5 Å². The number of amides is 2. The number of hydrogen-bond donors (Lipinski definition) is 3. The number of para-hydroxylation sites is 1. The number of fused-ring (bicyclic) bond motifs is 1. The molecule has 1 aromatic heterocycles. The summed E-state index contributed by atoms with van der Waals surface area (Å²) in [6, 6.07) is 22.1. The molecule has 0 spiro atoms. The summed E-state index contributed by atoms with van der Waals surface area (Å²) in [6.45, 7) is 3.50. The molecule has 2 amide bonds. The summed E-state index contributed by atoms with van der Waals surface area (Å²) in [6.07, 6.45) is 3.68. The Hall–Kier alpha value is -3.88. The van der Waals surface area contributed by atoms with Crippen molar-refractivity contribution in [1.82, 2.24) is 14.7 Å². The number of rotatable bonds is 8. The smallest absolute Gasteiger partial charge is 0.323 e. The van der Waals surface area contributed by atoms with Crippen LogP contribution in [0.5, 0.6) is 11.5 Å². The van der Waals surface area contributed by atoms with Crippen LogP contribution in [0.4, 0.5) is 16.2 Å². The van der Waals surface area contributed by atoms with Gasteiger partial charge in [0.15, 0.2) is 0 Å². The van der Waals surface area contributed by atoms with Gasteiger partial charge in [-0.25, -0.2) is 4.79 Å². The Labute approximate surface area is 204 Å². The standard InChI is InChI=1S/C27H29N5O3/c33-23-13-16-31(19-23)14-4-15-32-18-20-7-8-22(17-26(20)30-32)29-27(34)28-21-9-11-25(12-10-21)35-24-5-2-1-3-6-24/h1-3,5-12,17-18,23,33H,4,13-16,19H2,(H2,28,29,34). The van der Waals surface area contributed by atoms with Crippen LogP contribution in [0.2, 0.25) is 0 Å². The number of aliphatic hydroxyl groups is 1. The molecule has 1 aliphatic rings. The number of urea groups is 1. The molecule has 35 heavy (non-hydrogen) atoms. The number of hydrogen-bond acceptors (Lipinski definition) is 5. The number of β-amino-alcohol motifs (C(OH)–C–C–N with tert-alkyl or cyclic N) is 1. The molecule has 3 aromatic carbocycles. The summed E-state index contributed by atoms with van der Waals surface area (Å²) in [7, 11) is 0. The van der Waals surface area contributed by atoms with Crippen molar-refractivity contribution in [3.05, 3.63) is 79.0 Å². The van der Waals surface area contributed by atoms with Gasteiger partial charge < -0.3 is 25.4 Å². The van der Waals surface area contributed by atoms with Crippen LogP contribution in [0.25, 0.3) is 10.9 Å². The van der Waals surface area contributed by atoms with Crippen LogP contribution >= 0.6 is 0 Å². The predicted molar refractivity (Wildman–Crippen MR) is 137 cm³/mol. The minimum atomic E-state index is -0.326. The number of benzene rings is 3. The maximum Gasteiger partial charge on any atom is 0.323 e. The second kappa shape index (κ2) is 10.6. The Morgan fingerprint density at radius 3 is 2.49 bits per heavy atom. The Balaban J connectivity index is 1.13. The van der Waals surface area contributed by atoms with Crippen molar-refractivity contribution < 1.29 is 14.6 Å². The zero-order valence-electron chi connectivity index (χ0n) is 19.4. The average molecular weight is 472 g/mol. The third-order valence-electron chi connectivity index (χ3n) is 6.01. The van der Waals surface area contributed by atoms with E-state index >= 15 is 0 Å². The molecule has 180 valence electrons. The van der Waals surface area contributed by atoms with E-state index in [0.717, 1.165) is 55.7 Å². The van der Waals surface area contributed by atoms with Gasteiger partial charge >= 0.3 is 6.03 Å². The lowest BCUT2D eigenvalue weighted by molar-refractivity contribution is 0.175. The molecule has 0 bridgehead atoms. The number of nitrogens with zero attached hydrogens (tertiary/aromatic N) is 3. The van der Waals surface area contributed by atoms with Gasteiger partial charge in [-0.3, -0.25) is 4.68 Å². The van der Waals surface area contributed by atoms with E-state index in [9.17, 15) is 9.90 Å². The van der Waals surface area contributed by atoms with Crippen molar-refractivity contribution in [1.29, 1.82) is 0 Å². The van der Waals surface area contributed by atoms with Crippen LogP contribution in [0.1, 0.15) is 12.8 Å². The van der Waals surface area contributed by atoms with Gasteiger partial charge in [0.2, 0.25) is 0 Å². The van der Waals surface area contributed by atoms with E-state index in [2.05, 4.69) is 20.6 Å². The first kappa shape index (κ1) is 22.9. The van der Waals surface area contributed by atoms with Gasteiger partial charge in [-0.15, -0.1) is 0 Å². The Bertz CT molecular complexity index is 1270. The van der Waals surface area contributed by atoms with E-state index in [1.54, 1.807) is 12.1 Å². The van der Waals surface area contributed by atoms with E-state index in [1.165, 1.54) is 0 Å². The van der Waals surface area contributed by atoms with Crippen molar-refractivity contribution >= 4 is 28.3 Å². The molecular formula is C27H29N5O3. The highest BCUT2D eigenvalue weighted by atomic mass is 16.5. The van der Waals surface area contributed by atoms with Crippen molar-refractivity contribution in [3.8, 4) is 11.5 Å². The molecule has 8 heteroatoms. The van der Waals surface area contributed by atoms with Crippen LogP contribution < -0.4 is 15.4 Å². The monoisotopic (exact) mass is 471 g/mol. The normalized spacial score (nSPS) is 15.9. The molecule has 2 heterocycles. The fourth-order valence-electron chi connectivity index (χ4n) is 4.26. The number of nitrogens with one attached hydrogen (secondary N) is 2. The number of aryl methyl sites for hydroxylation is 1. The van der Waals surface area contributed by atoms with Crippen LogP contribution in [0.15, 0.2) is 79.0 Å². The number of carbonyl (C=O) groups excluding carboxylic acids is 1. The average Bonchev–Trinajstić information content (AvgIpc) is 3.46. The molecule has 3 N–H and O–H groups in total. The number of aliphatic hydroxyl groups excluding tert-OH is 1. The van der Waals surface area contributed by atoms with Crippen LogP contribution in [0.3, 0.4) is 0 Å². The summed E-state index contributed by atoms with van der Waals surface area (Å²) in [5, 5.41) is 21.0. The number of aromatic nitrogens is 2. The predicted octanol–water partition coefficient (Wildman–Crippen LogP) is 4.93. The second-order valence-corrected chi connectivity index (χ2v) is 8.78. The zero-order valence-corrected chi connectivity index (χ0v) is 19.4. The van der Waals surface area contributed by atoms with Gasteiger partial charge in [-0.2, -0.15) is 5.10 Å². The van der Waals surface area contributed by atoms with Crippen LogP contribution in [0, 0.1) is 0 Å². The highest BCUT2D eigenvalue weighted by Crippen LogP contribution is 2.23. The summed E-state index contributed by atoms with van der Waals surface area (Å²) in [4.78, 5) is 14.8. The van der Waals surface area contributed by atoms with Crippen molar-refractivity contribution in [2.75, 3.05) is 30.3 Å². The molecule has 1 aliphatic heterocycles. The van der Waals surface area contributed by atoms with Crippen molar-refractivity contribution in [2.24, 2.45) is 0 Å². The third kappa shape index (κ3) is 6.17. The number of anilines is 2. The second-order valence-electron chi connectivity index (χ2n) is 8.78. The number of ether oxygens (including phenoxy) is 1.